The fourth-order valence-electron chi connectivity index (χ4n) is 3.34. The number of carbonyl (C=O) groups is 2. The molecule has 0 saturated carbocycles. The van der Waals surface area contributed by atoms with Crippen molar-refractivity contribution >= 4 is 11.8 Å². The van der Waals surface area contributed by atoms with Crippen LogP contribution >= 0.6 is 0 Å². The van der Waals surface area contributed by atoms with Crippen LogP contribution in [0.2, 0.25) is 0 Å². The van der Waals surface area contributed by atoms with Crippen molar-refractivity contribution in [1.29, 1.82) is 0 Å². The zero-order valence-electron chi connectivity index (χ0n) is 15.5. The molecule has 2 aromatic carbocycles. The van der Waals surface area contributed by atoms with E-state index in [0.717, 1.165) is 25.1 Å². The van der Waals surface area contributed by atoms with Gasteiger partial charge >= 0.3 is 0 Å². The van der Waals surface area contributed by atoms with Crippen LogP contribution in [0, 0.1) is 12.8 Å². The zero-order valence-corrected chi connectivity index (χ0v) is 15.5. The number of amides is 2. The van der Waals surface area contributed by atoms with Gasteiger partial charge in [-0.05, 0) is 49.4 Å². The highest BCUT2D eigenvalue weighted by atomic mass is 16.2. The number of carbonyl (C=O) groups excluding carboxylic acids is 2. The molecule has 3 rings (SSSR count). The fraction of sp³-hybridized carbons (Fsp3) is 0.364. The Bertz CT molecular complexity index is 783. The number of nitrogens with zero attached hydrogens (tertiary/aromatic N) is 1. The average Bonchev–Trinajstić information content (AvgIpc) is 2.67. The molecule has 1 aliphatic heterocycles. The first-order valence-electron chi connectivity index (χ1n) is 9.26. The molecular weight excluding hydrogens is 324 g/mol. The van der Waals surface area contributed by atoms with Gasteiger partial charge in [0.15, 0.2) is 0 Å². The summed E-state index contributed by atoms with van der Waals surface area (Å²) >= 11 is 0. The minimum Gasteiger partial charge on any atom is -0.348 e. The molecule has 1 atom stereocenters. The molecule has 1 N–H and O–H groups in total. The van der Waals surface area contributed by atoms with Crippen molar-refractivity contribution in [2.45, 2.75) is 33.2 Å². The van der Waals surface area contributed by atoms with Crippen LogP contribution in [-0.2, 0) is 6.54 Å². The minimum absolute atomic E-state index is 0.0183. The molecule has 1 saturated heterocycles. The molecule has 2 aromatic rings. The van der Waals surface area contributed by atoms with Gasteiger partial charge in [0.05, 0.1) is 0 Å². The summed E-state index contributed by atoms with van der Waals surface area (Å²) in [6.07, 6.45) is 2.22. The summed E-state index contributed by atoms with van der Waals surface area (Å²) in [7, 11) is 0. The van der Waals surface area contributed by atoms with Crippen molar-refractivity contribution in [2.75, 3.05) is 13.1 Å². The Kier molecular flexibility index (Phi) is 5.71. The first-order chi connectivity index (χ1) is 12.5. The number of nitrogens with one attached hydrogen (secondary N) is 1. The van der Waals surface area contributed by atoms with Crippen molar-refractivity contribution in [1.82, 2.24) is 10.2 Å². The largest absolute Gasteiger partial charge is 0.348 e. The van der Waals surface area contributed by atoms with E-state index in [1.165, 1.54) is 12.0 Å². The quantitative estimate of drug-likeness (QED) is 0.912. The predicted octanol–water partition coefficient (Wildman–Crippen LogP) is 3.80. The van der Waals surface area contributed by atoms with Crippen molar-refractivity contribution in [3.8, 4) is 0 Å². The van der Waals surface area contributed by atoms with E-state index < -0.39 is 0 Å². The van der Waals surface area contributed by atoms with Crippen LogP contribution in [0.25, 0.3) is 0 Å². The smallest absolute Gasteiger partial charge is 0.253 e. The normalized spacial score (nSPS) is 17.0. The lowest BCUT2D eigenvalue weighted by atomic mass is 9.99. The average molecular weight is 350 g/mol. The second-order valence-corrected chi connectivity index (χ2v) is 7.25. The Morgan fingerprint density at radius 1 is 1.12 bits per heavy atom. The second kappa shape index (κ2) is 8.17. The van der Waals surface area contributed by atoms with Crippen LogP contribution in [0.4, 0.5) is 0 Å². The highest BCUT2D eigenvalue weighted by Gasteiger charge is 2.22. The van der Waals surface area contributed by atoms with Crippen molar-refractivity contribution in [2.24, 2.45) is 5.92 Å². The molecule has 26 heavy (non-hydrogen) atoms. The van der Waals surface area contributed by atoms with Gasteiger partial charge in [-0.15, -0.1) is 0 Å². The predicted molar refractivity (Wildman–Crippen MR) is 103 cm³/mol. The summed E-state index contributed by atoms with van der Waals surface area (Å²) in [5, 5.41) is 2.92. The number of piperidine rings is 1. The van der Waals surface area contributed by atoms with E-state index in [0.29, 0.717) is 23.6 Å². The number of likely N-dealkylation sites (tertiary alicyclic amines) is 1. The molecule has 2 amide bonds. The van der Waals surface area contributed by atoms with E-state index in [4.69, 9.17) is 0 Å². The highest BCUT2D eigenvalue weighted by molar-refractivity contribution is 5.99. The minimum atomic E-state index is -0.160. The van der Waals surface area contributed by atoms with Gasteiger partial charge in [0.1, 0.15) is 0 Å². The third-order valence-corrected chi connectivity index (χ3v) is 4.89. The standard InChI is InChI=1S/C22H26N2O2/c1-16-8-10-18(11-9-16)14-23-21(25)19-6-3-7-20(13-19)22(26)24-12-4-5-17(2)15-24/h3,6-11,13,17H,4-5,12,14-15H2,1-2H3,(H,23,25). The summed E-state index contributed by atoms with van der Waals surface area (Å²) in [6, 6.07) is 15.1. The van der Waals surface area contributed by atoms with Gasteiger partial charge < -0.3 is 10.2 Å². The van der Waals surface area contributed by atoms with E-state index in [2.05, 4.69) is 12.2 Å². The molecule has 0 aliphatic carbocycles. The summed E-state index contributed by atoms with van der Waals surface area (Å²) in [6.45, 7) is 6.28. The molecular formula is C22H26N2O2. The molecule has 0 spiro atoms. The van der Waals surface area contributed by atoms with Crippen molar-refractivity contribution in [3.05, 3.63) is 70.8 Å². The lowest BCUT2D eigenvalue weighted by Crippen LogP contribution is -2.39. The van der Waals surface area contributed by atoms with Gasteiger partial charge in [-0.1, -0.05) is 42.8 Å². The molecule has 4 nitrogen and oxygen atoms in total. The highest BCUT2D eigenvalue weighted by Crippen LogP contribution is 2.18. The Morgan fingerprint density at radius 2 is 1.85 bits per heavy atom. The third kappa shape index (κ3) is 4.51. The Morgan fingerprint density at radius 3 is 2.58 bits per heavy atom. The summed E-state index contributed by atoms with van der Waals surface area (Å²) < 4.78 is 0. The van der Waals surface area contributed by atoms with Crippen molar-refractivity contribution < 1.29 is 9.59 Å². The van der Waals surface area contributed by atoms with E-state index in [1.54, 1.807) is 24.3 Å². The number of rotatable bonds is 4. The molecule has 1 heterocycles. The van der Waals surface area contributed by atoms with Crippen LogP contribution in [0.1, 0.15) is 51.6 Å². The van der Waals surface area contributed by atoms with E-state index >= 15 is 0 Å². The maximum absolute atomic E-state index is 12.7. The Hall–Kier alpha value is -2.62. The molecule has 0 radical (unpaired) electrons. The maximum Gasteiger partial charge on any atom is 0.253 e. The van der Waals surface area contributed by atoms with Gasteiger partial charge in [-0.3, -0.25) is 9.59 Å². The number of hydrogen-bond acceptors (Lipinski definition) is 2. The Balaban J connectivity index is 1.65. The van der Waals surface area contributed by atoms with Crippen LogP contribution < -0.4 is 5.32 Å². The summed E-state index contributed by atoms with van der Waals surface area (Å²) in [5.41, 5.74) is 3.35. The van der Waals surface area contributed by atoms with E-state index in [1.807, 2.05) is 36.1 Å². The van der Waals surface area contributed by atoms with E-state index in [9.17, 15) is 9.59 Å². The lowest BCUT2D eigenvalue weighted by molar-refractivity contribution is 0.0683. The van der Waals surface area contributed by atoms with Crippen molar-refractivity contribution in [3.63, 3.8) is 0 Å². The third-order valence-electron chi connectivity index (χ3n) is 4.89. The molecule has 0 aromatic heterocycles. The molecule has 0 bridgehead atoms. The monoisotopic (exact) mass is 350 g/mol. The second-order valence-electron chi connectivity index (χ2n) is 7.25. The molecule has 4 heteroatoms. The summed E-state index contributed by atoms with van der Waals surface area (Å²) in [4.78, 5) is 27.1. The van der Waals surface area contributed by atoms with Gasteiger partial charge in [0, 0.05) is 30.8 Å². The first-order valence-corrected chi connectivity index (χ1v) is 9.26. The molecule has 1 unspecified atom stereocenters. The molecule has 1 aliphatic rings. The van der Waals surface area contributed by atoms with Crippen LogP contribution in [0.5, 0.6) is 0 Å². The molecule has 136 valence electrons. The zero-order chi connectivity index (χ0) is 18.5. The fourth-order valence-corrected chi connectivity index (χ4v) is 3.34. The van der Waals surface area contributed by atoms with Gasteiger partial charge in [-0.2, -0.15) is 0 Å². The molecule has 1 fully saturated rings. The lowest BCUT2D eigenvalue weighted by Gasteiger charge is -2.31. The Labute approximate surface area is 155 Å². The van der Waals surface area contributed by atoms with Crippen LogP contribution in [0.15, 0.2) is 48.5 Å². The topological polar surface area (TPSA) is 49.4 Å². The first kappa shape index (κ1) is 18.2. The SMILES string of the molecule is Cc1ccc(CNC(=O)c2cccc(C(=O)N3CCCC(C)C3)c2)cc1. The van der Waals surface area contributed by atoms with E-state index in [-0.39, 0.29) is 11.8 Å². The number of aryl methyl sites for hydroxylation is 1. The number of benzene rings is 2. The van der Waals surface area contributed by atoms with Gasteiger partial charge in [0.25, 0.3) is 11.8 Å². The maximum atomic E-state index is 12.7. The summed E-state index contributed by atoms with van der Waals surface area (Å²) in [5.74, 6) is 0.394. The van der Waals surface area contributed by atoms with Gasteiger partial charge in [0.2, 0.25) is 0 Å². The van der Waals surface area contributed by atoms with Crippen LogP contribution in [0.3, 0.4) is 0 Å². The van der Waals surface area contributed by atoms with Crippen LogP contribution in [-0.4, -0.2) is 29.8 Å². The number of hydrogen-bond donors (Lipinski definition) is 1. The van der Waals surface area contributed by atoms with Gasteiger partial charge in [-0.25, -0.2) is 0 Å².